The number of carbonyl (C=O) groups is 1. The summed E-state index contributed by atoms with van der Waals surface area (Å²) < 4.78 is 5.11. The quantitative estimate of drug-likeness (QED) is 0.245. The van der Waals surface area contributed by atoms with Crippen LogP contribution in [0.2, 0.25) is 0 Å². The Kier molecular flexibility index (Phi) is 7.60. The third kappa shape index (κ3) is 5.59. The van der Waals surface area contributed by atoms with Crippen LogP contribution in [0.3, 0.4) is 0 Å². The summed E-state index contributed by atoms with van der Waals surface area (Å²) in [5, 5.41) is 11.7. The van der Waals surface area contributed by atoms with Crippen LogP contribution in [0, 0.1) is 0 Å². The fourth-order valence-electron chi connectivity index (χ4n) is 4.04. The van der Waals surface area contributed by atoms with Gasteiger partial charge in [-0.3, -0.25) is 0 Å². The number of nitrogens with one attached hydrogen (secondary N) is 1. The predicted molar refractivity (Wildman–Crippen MR) is 139 cm³/mol. The number of hydrogen-bond donors (Lipinski definition) is 3. The minimum atomic E-state index is -0.404. The molecule has 0 aliphatic rings. The lowest BCUT2D eigenvalue weighted by atomic mass is 10.00. The summed E-state index contributed by atoms with van der Waals surface area (Å²) in [5.41, 5.74) is 10.7. The van der Waals surface area contributed by atoms with Crippen molar-refractivity contribution in [1.82, 2.24) is 9.88 Å². The summed E-state index contributed by atoms with van der Waals surface area (Å²) in [6.07, 6.45) is 0. The number of esters is 1. The molecule has 3 aromatic carbocycles. The van der Waals surface area contributed by atoms with Crippen LogP contribution >= 0.6 is 0 Å². The molecule has 1 aromatic heterocycles. The van der Waals surface area contributed by atoms with Gasteiger partial charge in [0.25, 0.3) is 0 Å². The van der Waals surface area contributed by atoms with Gasteiger partial charge in [-0.25, -0.2) is 9.79 Å². The molecule has 0 saturated carbocycles. The highest BCUT2D eigenvalue weighted by atomic mass is 16.5. The molecular weight excluding hydrogens is 440 g/mol. The van der Waals surface area contributed by atoms with Gasteiger partial charge in [0.2, 0.25) is 0 Å². The van der Waals surface area contributed by atoms with Gasteiger partial charge >= 0.3 is 5.97 Å². The van der Waals surface area contributed by atoms with Crippen molar-refractivity contribution in [3.05, 3.63) is 95.1 Å². The normalized spacial score (nSPS) is 11.8. The standard InChI is InChI=1S/C28H30N4O3/c1-3-35-28(34)21-11-14-23-24(17-21)31-27(33)25(23)26(20-7-5-4-6-8-20)30-22-12-9-19(10-13-22)18-32(2)16-15-29/h4-14,17,31,33H,3,15-16,18,29H2,1-2H3. The Balaban J connectivity index is 1.76. The maximum Gasteiger partial charge on any atom is 0.338 e. The molecule has 0 aliphatic carbocycles. The SMILES string of the molecule is CCOC(=O)c1ccc2c(C(=Nc3ccc(CN(C)CCN)cc3)c3ccccc3)c(O)[nH]c2c1. The molecule has 0 atom stereocenters. The van der Waals surface area contributed by atoms with Crippen LogP contribution in [0.5, 0.6) is 5.88 Å². The molecule has 35 heavy (non-hydrogen) atoms. The van der Waals surface area contributed by atoms with Gasteiger partial charge in [0, 0.05) is 36.1 Å². The van der Waals surface area contributed by atoms with Gasteiger partial charge in [-0.1, -0.05) is 48.5 Å². The maximum atomic E-state index is 12.2. The van der Waals surface area contributed by atoms with Crippen molar-refractivity contribution in [2.75, 3.05) is 26.7 Å². The molecule has 0 radical (unpaired) electrons. The first-order valence-corrected chi connectivity index (χ1v) is 11.6. The number of benzene rings is 3. The molecule has 4 N–H and O–H groups in total. The molecule has 7 heteroatoms. The van der Waals surface area contributed by atoms with Crippen LogP contribution in [-0.2, 0) is 11.3 Å². The van der Waals surface area contributed by atoms with E-state index in [4.69, 9.17) is 15.5 Å². The number of nitrogens with two attached hydrogens (primary N) is 1. The largest absolute Gasteiger partial charge is 0.494 e. The van der Waals surface area contributed by atoms with Crippen LogP contribution < -0.4 is 5.73 Å². The zero-order chi connectivity index (χ0) is 24.8. The van der Waals surface area contributed by atoms with E-state index in [0.29, 0.717) is 35.5 Å². The van der Waals surface area contributed by atoms with E-state index < -0.39 is 5.97 Å². The number of aromatic nitrogens is 1. The van der Waals surface area contributed by atoms with Crippen molar-refractivity contribution in [3.8, 4) is 5.88 Å². The molecule has 0 saturated heterocycles. The van der Waals surface area contributed by atoms with E-state index in [1.807, 2.05) is 55.6 Å². The summed E-state index contributed by atoms with van der Waals surface area (Å²) in [7, 11) is 2.04. The van der Waals surface area contributed by atoms with Crippen molar-refractivity contribution in [1.29, 1.82) is 0 Å². The number of carbonyl (C=O) groups excluding carboxylic acids is 1. The number of nitrogens with zero attached hydrogens (tertiary/aromatic N) is 2. The fraction of sp³-hybridized carbons (Fsp3) is 0.214. The number of likely N-dealkylation sites (N-methyl/N-ethyl adjacent to an activating group) is 1. The summed E-state index contributed by atoms with van der Waals surface area (Å²) >= 11 is 0. The topological polar surface area (TPSA) is 104 Å². The van der Waals surface area contributed by atoms with Crippen molar-refractivity contribution in [3.63, 3.8) is 0 Å². The molecule has 0 unspecified atom stereocenters. The average molecular weight is 471 g/mol. The number of hydrogen-bond acceptors (Lipinski definition) is 6. The Morgan fingerprint density at radius 3 is 2.49 bits per heavy atom. The number of aliphatic imine (C=N–C) groups is 1. The van der Waals surface area contributed by atoms with Crippen LogP contribution in [-0.4, -0.2) is 53.4 Å². The average Bonchev–Trinajstić information content (AvgIpc) is 3.19. The summed E-state index contributed by atoms with van der Waals surface area (Å²) in [5.74, 6) is -0.414. The van der Waals surface area contributed by atoms with Gasteiger partial charge in [-0.2, -0.15) is 0 Å². The maximum absolute atomic E-state index is 12.2. The Bertz CT molecular complexity index is 1330. The number of aromatic amines is 1. The monoisotopic (exact) mass is 470 g/mol. The first kappa shape index (κ1) is 24.2. The second kappa shape index (κ2) is 11.0. The molecule has 0 amide bonds. The third-order valence-corrected chi connectivity index (χ3v) is 5.71. The molecule has 0 aliphatic heterocycles. The van der Waals surface area contributed by atoms with Gasteiger partial charge in [0.15, 0.2) is 5.88 Å². The molecule has 7 nitrogen and oxygen atoms in total. The Morgan fingerprint density at radius 1 is 1.06 bits per heavy atom. The molecule has 4 aromatic rings. The second-order valence-electron chi connectivity index (χ2n) is 8.35. The number of aromatic hydroxyl groups is 1. The zero-order valence-corrected chi connectivity index (χ0v) is 20.0. The van der Waals surface area contributed by atoms with Gasteiger partial charge < -0.3 is 25.5 Å². The number of rotatable bonds is 9. The van der Waals surface area contributed by atoms with E-state index >= 15 is 0 Å². The summed E-state index contributed by atoms with van der Waals surface area (Å²) in [6, 6.07) is 23.0. The molecule has 0 bridgehead atoms. The van der Waals surface area contributed by atoms with Crippen molar-refractivity contribution >= 4 is 28.3 Å². The highest BCUT2D eigenvalue weighted by Gasteiger charge is 2.20. The van der Waals surface area contributed by atoms with Gasteiger partial charge in [-0.15, -0.1) is 0 Å². The van der Waals surface area contributed by atoms with E-state index in [0.717, 1.165) is 29.7 Å². The lowest BCUT2D eigenvalue weighted by Gasteiger charge is -2.15. The fourth-order valence-corrected chi connectivity index (χ4v) is 4.04. The smallest absolute Gasteiger partial charge is 0.338 e. The summed E-state index contributed by atoms with van der Waals surface area (Å²) in [4.78, 5) is 22.3. The lowest BCUT2D eigenvalue weighted by Crippen LogP contribution is -2.24. The third-order valence-electron chi connectivity index (χ3n) is 5.71. The van der Waals surface area contributed by atoms with Crippen LogP contribution in [0.4, 0.5) is 5.69 Å². The second-order valence-corrected chi connectivity index (χ2v) is 8.35. The first-order chi connectivity index (χ1) is 17.0. The molecule has 180 valence electrons. The van der Waals surface area contributed by atoms with E-state index in [9.17, 15) is 9.90 Å². The number of ether oxygens (including phenoxy) is 1. The molecule has 1 heterocycles. The van der Waals surface area contributed by atoms with Crippen molar-refractivity contribution < 1.29 is 14.6 Å². The van der Waals surface area contributed by atoms with Crippen molar-refractivity contribution in [2.24, 2.45) is 10.7 Å². The minimum Gasteiger partial charge on any atom is -0.494 e. The highest BCUT2D eigenvalue weighted by molar-refractivity contribution is 6.22. The van der Waals surface area contributed by atoms with E-state index in [2.05, 4.69) is 22.0 Å². The molecule has 0 fully saturated rings. The first-order valence-electron chi connectivity index (χ1n) is 11.6. The van der Waals surface area contributed by atoms with E-state index in [-0.39, 0.29) is 5.88 Å². The minimum absolute atomic E-state index is 0.0105. The highest BCUT2D eigenvalue weighted by Crippen LogP contribution is 2.32. The van der Waals surface area contributed by atoms with Gasteiger partial charge in [-0.05, 0) is 43.8 Å². The Hall–Kier alpha value is -3.94. The molecule has 4 rings (SSSR count). The predicted octanol–water partition coefficient (Wildman–Crippen LogP) is 4.61. The van der Waals surface area contributed by atoms with Crippen LogP contribution in [0.1, 0.15) is 34.0 Å². The molecule has 0 spiro atoms. The Labute approximate surface area is 204 Å². The number of H-pyrrole nitrogens is 1. The van der Waals surface area contributed by atoms with E-state index in [1.165, 1.54) is 5.56 Å². The zero-order valence-electron chi connectivity index (χ0n) is 20.0. The van der Waals surface area contributed by atoms with Gasteiger partial charge in [0.05, 0.1) is 29.1 Å². The van der Waals surface area contributed by atoms with E-state index in [1.54, 1.807) is 19.1 Å². The Morgan fingerprint density at radius 2 is 1.80 bits per heavy atom. The van der Waals surface area contributed by atoms with Crippen molar-refractivity contribution in [2.45, 2.75) is 13.5 Å². The molecular formula is C28H30N4O3. The number of fused-ring (bicyclic) bond motifs is 1. The van der Waals surface area contributed by atoms with Crippen LogP contribution in [0.15, 0.2) is 77.8 Å². The lowest BCUT2D eigenvalue weighted by molar-refractivity contribution is 0.0526. The van der Waals surface area contributed by atoms with Crippen LogP contribution in [0.25, 0.3) is 10.9 Å². The summed E-state index contributed by atoms with van der Waals surface area (Å²) in [6.45, 7) is 4.32. The van der Waals surface area contributed by atoms with Gasteiger partial charge in [0.1, 0.15) is 0 Å².